The van der Waals surface area contributed by atoms with Gasteiger partial charge in [0.2, 0.25) is 0 Å². The first-order chi connectivity index (χ1) is 8.34. The molecule has 1 aromatic rings. The Kier molecular flexibility index (Phi) is 3.99. The van der Waals surface area contributed by atoms with Crippen LogP contribution in [-0.4, -0.2) is 12.1 Å². The van der Waals surface area contributed by atoms with Crippen LogP contribution in [0.4, 0.5) is 0 Å². The Morgan fingerprint density at radius 3 is 2.82 bits per heavy atom. The second-order valence-corrected chi connectivity index (χ2v) is 3.92. The van der Waals surface area contributed by atoms with Crippen molar-refractivity contribution < 1.29 is 9.53 Å². The summed E-state index contributed by atoms with van der Waals surface area (Å²) in [5, 5.41) is 0. The van der Waals surface area contributed by atoms with E-state index in [0.717, 1.165) is 24.8 Å². The van der Waals surface area contributed by atoms with Crippen molar-refractivity contribution in [1.82, 2.24) is 0 Å². The van der Waals surface area contributed by atoms with E-state index in [-0.39, 0.29) is 6.10 Å². The number of benzene rings is 1. The van der Waals surface area contributed by atoms with Gasteiger partial charge < -0.3 is 4.74 Å². The van der Waals surface area contributed by atoms with Crippen molar-refractivity contribution in [2.24, 2.45) is 0 Å². The van der Waals surface area contributed by atoms with E-state index in [0.29, 0.717) is 0 Å². The minimum Gasteiger partial charge on any atom is -0.449 e. The molecule has 0 amide bonds. The molecule has 2 rings (SSSR count). The summed E-state index contributed by atoms with van der Waals surface area (Å²) in [5.74, 6) is 4.83. The maximum atomic E-state index is 11.5. The molecule has 1 atom stereocenters. The third kappa shape index (κ3) is 3.81. The molecule has 1 aromatic carbocycles. The smallest absolute Gasteiger partial charge is 0.385 e. The van der Waals surface area contributed by atoms with Gasteiger partial charge in [0.1, 0.15) is 6.10 Å². The highest BCUT2D eigenvalue weighted by Crippen LogP contribution is 2.13. The van der Waals surface area contributed by atoms with Crippen molar-refractivity contribution in [2.75, 3.05) is 0 Å². The summed E-state index contributed by atoms with van der Waals surface area (Å²) in [6.07, 6.45) is 6.93. The van der Waals surface area contributed by atoms with Crippen molar-refractivity contribution in [2.45, 2.75) is 25.4 Å². The molecule has 1 aliphatic rings. The van der Waals surface area contributed by atoms with Crippen molar-refractivity contribution in [3.8, 4) is 11.8 Å². The average Bonchev–Trinajstić information content (AvgIpc) is 2.39. The van der Waals surface area contributed by atoms with Crippen molar-refractivity contribution >= 4 is 5.97 Å². The van der Waals surface area contributed by atoms with Crippen LogP contribution in [0.3, 0.4) is 0 Å². The lowest BCUT2D eigenvalue weighted by Gasteiger charge is -2.14. The van der Waals surface area contributed by atoms with Gasteiger partial charge in [0.25, 0.3) is 0 Å². The molecule has 1 aliphatic carbocycles. The molecule has 0 saturated heterocycles. The van der Waals surface area contributed by atoms with Crippen LogP contribution in [0, 0.1) is 11.8 Å². The number of allylic oxidation sites excluding steroid dienone is 1. The van der Waals surface area contributed by atoms with E-state index in [1.165, 1.54) is 0 Å². The molecule has 17 heavy (non-hydrogen) atoms. The quantitative estimate of drug-likeness (QED) is 0.418. The second-order valence-electron chi connectivity index (χ2n) is 3.92. The first-order valence-corrected chi connectivity index (χ1v) is 5.79. The van der Waals surface area contributed by atoms with E-state index in [1.807, 2.05) is 42.5 Å². The van der Waals surface area contributed by atoms with Gasteiger partial charge in [-0.25, -0.2) is 4.79 Å². The molecule has 2 heteroatoms. The second kappa shape index (κ2) is 5.91. The van der Waals surface area contributed by atoms with Crippen LogP contribution in [0.5, 0.6) is 0 Å². The van der Waals surface area contributed by atoms with Crippen LogP contribution < -0.4 is 0 Å². The molecule has 0 bridgehead atoms. The van der Waals surface area contributed by atoms with E-state index in [9.17, 15) is 4.79 Å². The molecule has 86 valence electrons. The Morgan fingerprint density at radius 1 is 1.29 bits per heavy atom. The van der Waals surface area contributed by atoms with Crippen molar-refractivity contribution in [3.63, 3.8) is 0 Å². The normalized spacial score (nSPS) is 18.0. The van der Waals surface area contributed by atoms with E-state index in [1.54, 1.807) is 0 Å². The van der Waals surface area contributed by atoms with E-state index < -0.39 is 5.97 Å². The molecule has 0 saturated carbocycles. The van der Waals surface area contributed by atoms with Gasteiger partial charge in [-0.05, 0) is 37.5 Å². The molecule has 0 aromatic heterocycles. The molecule has 0 fully saturated rings. The van der Waals surface area contributed by atoms with Gasteiger partial charge >= 0.3 is 5.97 Å². The Bertz CT molecular complexity index is 463. The monoisotopic (exact) mass is 226 g/mol. The Hall–Kier alpha value is -2.01. The zero-order chi connectivity index (χ0) is 11.9. The number of carbonyl (C=O) groups is 1. The predicted molar refractivity (Wildman–Crippen MR) is 66.2 cm³/mol. The third-order valence-electron chi connectivity index (χ3n) is 2.55. The zero-order valence-electron chi connectivity index (χ0n) is 9.56. The number of hydrogen-bond acceptors (Lipinski definition) is 2. The SMILES string of the molecule is O=C(C#Cc1ccccc1)OC1C=CCCC1. The molecule has 0 heterocycles. The summed E-state index contributed by atoms with van der Waals surface area (Å²) in [7, 11) is 0. The fourth-order valence-electron chi connectivity index (χ4n) is 1.69. The standard InChI is InChI=1S/C15H14O2/c16-15(17-14-9-5-2-6-10-14)12-11-13-7-3-1-4-8-13/h1,3-5,7-9,14H,2,6,10H2. The highest BCUT2D eigenvalue weighted by molar-refractivity contribution is 5.89. The summed E-state index contributed by atoms with van der Waals surface area (Å²) in [6, 6.07) is 9.41. The highest BCUT2D eigenvalue weighted by Gasteiger charge is 2.11. The van der Waals surface area contributed by atoms with Gasteiger partial charge in [-0.1, -0.05) is 30.2 Å². The lowest BCUT2D eigenvalue weighted by Crippen LogP contribution is -2.16. The van der Waals surface area contributed by atoms with Gasteiger partial charge in [0.15, 0.2) is 0 Å². The van der Waals surface area contributed by atoms with Crippen LogP contribution >= 0.6 is 0 Å². The largest absolute Gasteiger partial charge is 0.449 e. The molecule has 0 aliphatic heterocycles. The van der Waals surface area contributed by atoms with Crippen molar-refractivity contribution in [1.29, 1.82) is 0 Å². The number of carbonyl (C=O) groups excluding carboxylic acids is 1. The lowest BCUT2D eigenvalue weighted by molar-refractivity contribution is -0.140. The van der Waals surface area contributed by atoms with Crippen LogP contribution in [0.1, 0.15) is 24.8 Å². The van der Waals surface area contributed by atoms with Crippen LogP contribution in [0.25, 0.3) is 0 Å². The van der Waals surface area contributed by atoms with Gasteiger partial charge in [0, 0.05) is 11.5 Å². The number of ether oxygens (including phenoxy) is 1. The Labute approximate surface area is 101 Å². The maximum absolute atomic E-state index is 11.5. The van der Waals surface area contributed by atoms with Gasteiger partial charge in [0.05, 0.1) is 0 Å². The van der Waals surface area contributed by atoms with Crippen molar-refractivity contribution in [3.05, 3.63) is 48.0 Å². The number of esters is 1. The summed E-state index contributed by atoms with van der Waals surface area (Å²) in [6.45, 7) is 0. The molecular weight excluding hydrogens is 212 g/mol. The molecule has 0 radical (unpaired) electrons. The molecule has 0 spiro atoms. The fourth-order valence-corrected chi connectivity index (χ4v) is 1.69. The Balaban J connectivity index is 1.91. The minimum atomic E-state index is -0.453. The minimum absolute atomic E-state index is 0.0960. The van der Waals surface area contributed by atoms with Gasteiger partial charge in [-0.2, -0.15) is 0 Å². The summed E-state index contributed by atoms with van der Waals surface area (Å²) >= 11 is 0. The predicted octanol–water partition coefficient (Wildman–Crippen LogP) is 2.69. The first kappa shape index (κ1) is 11.5. The van der Waals surface area contributed by atoms with Gasteiger partial charge in [-0.3, -0.25) is 0 Å². The van der Waals surface area contributed by atoms with Gasteiger partial charge in [-0.15, -0.1) is 0 Å². The maximum Gasteiger partial charge on any atom is 0.385 e. The fraction of sp³-hybridized carbons (Fsp3) is 0.267. The van der Waals surface area contributed by atoms with Crippen LogP contribution in [0.15, 0.2) is 42.5 Å². The molecule has 0 N–H and O–H groups in total. The third-order valence-corrected chi connectivity index (χ3v) is 2.55. The topological polar surface area (TPSA) is 26.3 Å². The van der Waals surface area contributed by atoms with E-state index >= 15 is 0 Å². The summed E-state index contributed by atoms with van der Waals surface area (Å²) in [5.41, 5.74) is 0.823. The van der Waals surface area contributed by atoms with Crippen LogP contribution in [-0.2, 0) is 9.53 Å². The number of rotatable bonds is 1. The number of hydrogen-bond donors (Lipinski definition) is 0. The van der Waals surface area contributed by atoms with E-state index in [2.05, 4.69) is 11.8 Å². The average molecular weight is 226 g/mol. The van der Waals surface area contributed by atoms with Crippen LogP contribution in [0.2, 0.25) is 0 Å². The first-order valence-electron chi connectivity index (χ1n) is 5.79. The summed E-state index contributed by atoms with van der Waals surface area (Å²) < 4.78 is 5.21. The Morgan fingerprint density at radius 2 is 2.12 bits per heavy atom. The molecule has 1 unspecified atom stereocenters. The lowest BCUT2D eigenvalue weighted by atomic mass is 10.1. The van der Waals surface area contributed by atoms with E-state index in [4.69, 9.17) is 4.74 Å². The molecular formula is C15H14O2. The molecule has 2 nitrogen and oxygen atoms in total. The summed E-state index contributed by atoms with van der Waals surface area (Å²) in [4.78, 5) is 11.5. The highest BCUT2D eigenvalue weighted by atomic mass is 16.5. The zero-order valence-corrected chi connectivity index (χ0v) is 9.56.